The third-order valence-electron chi connectivity index (χ3n) is 3.13. The summed E-state index contributed by atoms with van der Waals surface area (Å²) in [5.41, 5.74) is 1.99. The smallest absolute Gasteiger partial charge is 0.171 e. The van der Waals surface area contributed by atoms with Crippen LogP contribution in [0.15, 0.2) is 36.4 Å². The van der Waals surface area contributed by atoms with Gasteiger partial charge in [-0.2, -0.15) is 0 Å². The van der Waals surface area contributed by atoms with Gasteiger partial charge in [0.1, 0.15) is 17.4 Å². The van der Waals surface area contributed by atoms with Crippen molar-refractivity contribution in [3.8, 4) is 5.75 Å². The van der Waals surface area contributed by atoms with E-state index in [4.69, 9.17) is 17.0 Å². The van der Waals surface area contributed by atoms with E-state index in [-0.39, 0.29) is 12.1 Å². The first kappa shape index (κ1) is 16.2. The molecule has 0 aromatic heterocycles. The molecule has 2 N–H and O–H groups in total. The van der Waals surface area contributed by atoms with Crippen LogP contribution in [0.2, 0.25) is 0 Å². The van der Waals surface area contributed by atoms with Crippen LogP contribution >= 0.6 is 12.2 Å². The SMILES string of the molecule is COc1ccc(NC(=S)NCc2cc(F)ccc2F)c(C)c1. The normalized spacial score (nSPS) is 10.2. The minimum atomic E-state index is -0.483. The predicted octanol–water partition coefficient (Wildman–Crippen LogP) is 3.77. The second-order valence-electron chi connectivity index (χ2n) is 4.72. The van der Waals surface area contributed by atoms with Gasteiger partial charge in [0, 0.05) is 17.8 Å². The highest BCUT2D eigenvalue weighted by atomic mass is 32.1. The van der Waals surface area contributed by atoms with Crippen LogP contribution in [-0.2, 0) is 6.54 Å². The summed E-state index contributed by atoms with van der Waals surface area (Å²) in [4.78, 5) is 0. The van der Waals surface area contributed by atoms with Gasteiger partial charge in [0.25, 0.3) is 0 Å². The molecule has 3 nitrogen and oxygen atoms in total. The van der Waals surface area contributed by atoms with Crippen molar-refractivity contribution >= 4 is 23.0 Å². The Labute approximate surface area is 133 Å². The lowest BCUT2D eigenvalue weighted by Gasteiger charge is -2.13. The Morgan fingerprint density at radius 2 is 1.95 bits per heavy atom. The zero-order valence-electron chi connectivity index (χ0n) is 12.2. The minimum Gasteiger partial charge on any atom is -0.497 e. The van der Waals surface area contributed by atoms with E-state index in [0.717, 1.165) is 35.2 Å². The molecule has 0 saturated heterocycles. The van der Waals surface area contributed by atoms with E-state index >= 15 is 0 Å². The summed E-state index contributed by atoms with van der Waals surface area (Å²) in [7, 11) is 1.60. The largest absolute Gasteiger partial charge is 0.497 e. The molecule has 0 radical (unpaired) electrons. The molecular weight excluding hydrogens is 306 g/mol. The molecule has 0 spiro atoms. The van der Waals surface area contributed by atoms with Crippen molar-refractivity contribution in [2.45, 2.75) is 13.5 Å². The van der Waals surface area contributed by atoms with Crippen LogP contribution in [0.5, 0.6) is 5.75 Å². The quantitative estimate of drug-likeness (QED) is 0.840. The molecule has 2 aromatic rings. The second kappa shape index (κ2) is 7.17. The molecule has 0 bridgehead atoms. The number of hydrogen-bond acceptors (Lipinski definition) is 2. The number of rotatable bonds is 4. The Kier molecular flexibility index (Phi) is 5.27. The summed E-state index contributed by atoms with van der Waals surface area (Å²) < 4.78 is 31.7. The van der Waals surface area contributed by atoms with Crippen molar-refractivity contribution in [3.05, 3.63) is 59.2 Å². The van der Waals surface area contributed by atoms with Gasteiger partial charge in [-0.25, -0.2) is 8.78 Å². The first-order valence-electron chi connectivity index (χ1n) is 6.63. The Balaban J connectivity index is 1.97. The molecule has 0 amide bonds. The van der Waals surface area contributed by atoms with E-state index in [2.05, 4.69) is 10.6 Å². The van der Waals surface area contributed by atoms with Crippen LogP contribution in [0.4, 0.5) is 14.5 Å². The molecule has 0 aliphatic carbocycles. The number of methoxy groups -OCH3 is 1. The van der Waals surface area contributed by atoms with Crippen molar-refractivity contribution in [3.63, 3.8) is 0 Å². The summed E-state index contributed by atoms with van der Waals surface area (Å²) in [5, 5.41) is 6.20. The summed E-state index contributed by atoms with van der Waals surface area (Å²) in [5.74, 6) is -0.204. The number of halogens is 2. The first-order chi connectivity index (χ1) is 10.5. The molecule has 2 aromatic carbocycles. The number of ether oxygens (including phenoxy) is 1. The van der Waals surface area contributed by atoms with Crippen molar-refractivity contribution in [1.29, 1.82) is 0 Å². The van der Waals surface area contributed by atoms with Gasteiger partial charge in [0.2, 0.25) is 0 Å². The van der Waals surface area contributed by atoms with Crippen LogP contribution in [0, 0.1) is 18.6 Å². The van der Waals surface area contributed by atoms with Crippen LogP contribution in [0.1, 0.15) is 11.1 Å². The zero-order valence-corrected chi connectivity index (χ0v) is 13.1. The lowest BCUT2D eigenvalue weighted by Crippen LogP contribution is -2.28. The first-order valence-corrected chi connectivity index (χ1v) is 7.04. The zero-order chi connectivity index (χ0) is 16.1. The maximum atomic E-state index is 13.5. The number of thiocarbonyl (C=S) groups is 1. The van der Waals surface area contributed by atoms with Gasteiger partial charge in [-0.1, -0.05) is 0 Å². The number of aryl methyl sites for hydroxylation is 1. The fourth-order valence-corrected chi connectivity index (χ4v) is 2.11. The maximum Gasteiger partial charge on any atom is 0.171 e. The predicted molar refractivity (Wildman–Crippen MR) is 87.1 cm³/mol. The lowest BCUT2D eigenvalue weighted by molar-refractivity contribution is 0.414. The molecule has 6 heteroatoms. The number of nitrogens with one attached hydrogen (secondary N) is 2. The van der Waals surface area contributed by atoms with Gasteiger partial charge in [0.05, 0.1) is 7.11 Å². The van der Waals surface area contributed by atoms with E-state index < -0.39 is 11.6 Å². The van der Waals surface area contributed by atoms with Crippen LogP contribution in [-0.4, -0.2) is 12.2 Å². The van der Waals surface area contributed by atoms with Gasteiger partial charge in [-0.3, -0.25) is 0 Å². The molecule has 0 saturated carbocycles. The fourth-order valence-electron chi connectivity index (χ4n) is 1.92. The highest BCUT2D eigenvalue weighted by Crippen LogP contribution is 2.21. The van der Waals surface area contributed by atoms with Crippen LogP contribution in [0.3, 0.4) is 0 Å². The molecular formula is C16H16F2N2OS. The topological polar surface area (TPSA) is 33.3 Å². The van der Waals surface area contributed by atoms with E-state index in [1.54, 1.807) is 7.11 Å². The molecule has 0 heterocycles. The molecule has 0 unspecified atom stereocenters. The molecule has 0 aliphatic rings. The second-order valence-corrected chi connectivity index (χ2v) is 5.13. The van der Waals surface area contributed by atoms with Crippen molar-refractivity contribution in [2.24, 2.45) is 0 Å². The van der Waals surface area contributed by atoms with E-state index in [9.17, 15) is 8.78 Å². The third-order valence-corrected chi connectivity index (χ3v) is 3.38. The van der Waals surface area contributed by atoms with E-state index in [1.807, 2.05) is 25.1 Å². The summed E-state index contributed by atoms with van der Waals surface area (Å²) in [6.07, 6.45) is 0. The maximum absolute atomic E-state index is 13.5. The van der Waals surface area contributed by atoms with Crippen LogP contribution in [0.25, 0.3) is 0 Å². The Morgan fingerprint density at radius 3 is 2.64 bits per heavy atom. The number of anilines is 1. The molecule has 2 rings (SSSR count). The minimum absolute atomic E-state index is 0.102. The molecule has 0 aliphatic heterocycles. The van der Waals surface area contributed by atoms with Crippen molar-refractivity contribution in [1.82, 2.24) is 5.32 Å². The fraction of sp³-hybridized carbons (Fsp3) is 0.188. The molecule has 22 heavy (non-hydrogen) atoms. The molecule has 0 atom stereocenters. The molecule has 116 valence electrons. The van der Waals surface area contributed by atoms with E-state index in [0.29, 0.717) is 5.11 Å². The van der Waals surface area contributed by atoms with Gasteiger partial charge in [-0.15, -0.1) is 0 Å². The van der Waals surface area contributed by atoms with Gasteiger partial charge < -0.3 is 15.4 Å². The van der Waals surface area contributed by atoms with Crippen molar-refractivity contribution < 1.29 is 13.5 Å². The van der Waals surface area contributed by atoms with Gasteiger partial charge in [0.15, 0.2) is 5.11 Å². The molecule has 0 fully saturated rings. The summed E-state index contributed by atoms with van der Waals surface area (Å²) in [6, 6.07) is 8.84. The van der Waals surface area contributed by atoms with Crippen LogP contribution < -0.4 is 15.4 Å². The monoisotopic (exact) mass is 322 g/mol. The average molecular weight is 322 g/mol. The lowest BCUT2D eigenvalue weighted by atomic mass is 10.2. The number of hydrogen-bond donors (Lipinski definition) is 2. The average Bonchev–Trinajstić information content (AvgIpc) is 2.50. The highest BCUT2D eigenvalue weighted by Gasteiger charge is 2.06. The van der Waals surface area contributed by atoms with Crippen molar-refractivity contribution in [2.75, 3.05) is 12.4 Å². The Bertz CT molecular complexity index is 692. The highest BCUT2D eigenvalue weighted by molar-refractivity contribution is 7.80. The Morgan fingerprint density at radius 1 is 1.18 bits per heavy atom. The third kappa shape index (κ3) is 4.14. The number of benzene rings is 2. The van der Waals surface area contributed by atoms with Gasteiger partial charge in [-0.05, 0) is 61.1 Å². The van der Waals surface area contributed by atoms with E-state index in [1.165, 1.54) is 0 Å². The van der Waals surface area contributed by atoms with Gasteiger partial charge >= 0.3 is 0 Å². The summed E-state index contributed by atoms with van der Waals surface area (Å²) >= 11 is 5.16. The Hall–Kier alpha value is -2.21. The standard InChI is InChI=1S/C16H16F2N2OS/c1-10-7-13(21-2)4-6-15(10)20-16(22)19-9-11-8-12(17)3-5-14(11)18/h3-8H,9H2,1-2H3,(H2,19,20,22). The summed E-state index contributed by atoms with van der Waals surface area (Å²) in [6.45, 7) is 2.02.